The summed E-state index contributed by atoms with van der Waals surface area (Å²) in [4.78, 5) is 94.3. The van der Waals surface area contributed by atoms with Crippen molar-refractivity contribution in [2.45, 2.75) is 127 Å². The molecule has 354 valence electrons. The normalized spacial score (nSPS) is 21.6. The van der Waals surface area contributed by atoms with E-state index < -0.39 is 60.4 Å². The van der Waals surface area contributed by atoms with Crippen molar-refractivity contribution in [2.75, 3.05) is 57.1 Å². The molecule has 0 saturated carbocycles. The minimum Gasteiger partial charge on any atom is -0.453 e. The number of nitrogens with one attached hydrogen (secondary N) is 4. The molecule has 8 atom stereocenters. The van der Waals surface area contributed by atoms with E-state index in [0.717, 1.165) is 29.9 Å². The zero-order chi connectivity index (χ0) is 47.2. The summed E-state index contributed by atoms with van der Waals surface area (Å²) >= 11 is 2.61. The molecule has 21 heteroatoms. The highest BCUT2D eigenvalue weighted by Crippen LogP contribution is 2.48. The van der Waals surface area contributed by atoms with Gasteiger partial charge in [0.25, 0.3) is 0 Å². The molecule has 3 aliphatic rings. The number of aromatic nitrogens is 2. The molecule has 3 fully saturated rings. The van der Waals surface area contributed by atoms with Crippen LogP contribution in [-0.2, 0) is 43.5 Å². The minimum absolute atomic E-state index is 0.0625. The number of hydrogen-bond acceptors (Lipinski definition) is 15. The van der Waals surface area contributed by atoms with E-state index in [9.17, 15) is 28.8 Å². The van der Waals surface area contributed by atoms with Crippen molar-refractivity contribution in [1.82, 2.24) is 30.4 Å². The highest BCUT2D eigenvalue weighted by Gasteiger charge is 2.43. The fourth-order valence-corrected chi connectivity index (χ4v) is 10.1. The number of nitrogens with zero attached hydrogens (tertiary/aromatic N) is 5. The molecule has 0 bridgehead atoms. The Morgan fingerprint density at radius 2 is 1.08 bits per heavy atom. The SMILES string of the molecule is COC(=O)N[C@H](C(=O)N1CCC[C@H]1C(=O)Nc1nc([C@@H]2CC[C@@H](c3csc(NC(=O)[C@@H]4CCCN4C(=O)[C@@H](NC(=O)OC)[C@@H](C)OC)n3)N2c2ccc(C(C)(C)C)cc2)cs1)[C@@H](C)OC. The van der Waals surface area contributed by atoms with Gasteiger partial charge in [0, 0.05) is 43.8 Å². The average Bonchev–Trinajstić information content (AvgIpc) is 4.16. The predicted octanol–water partition coefficient (Wildman–Crippen LogP) is 5.36. The quantitative estimate of drug-likeness (QED) is 0.151. The summed E-state index contributed by atoms with van der Waals surface area (Å²) in [6.07, 6.45) is 0.645. The van der Waals surface area contributed by atoms with E-state index in [4.69, 9.17) is 28.9 Å². The lowest BCUT2D eigenvalue weighted by Gasteiger charge is -2.32. The summed E-state index contributed by atoms with van der Waals surface area (Å²) in [7, 11) is 5.30. The Morgan fingerprint density at radius 1 is 0.662 bits per heavy atom. The van der Waals surface area contributed by atoms with E-state index in [1.54, 1.807) is 13.8 Å². The smallest absolute Gasteiger partial charge is 0.407 e. The maximum Gasteiger partial charge on any atom is 0.407 e. The molecule has 19 nitrogen and oxygen atoms in total. The molecule has 6 amide bonds. The van der Waals surface area contributed by atoms with Gasteiger partial charge in [-0.15, -0.1) is 22.7 Å². The lowest BCUT2D eigenvalue weighted by Crippen LogP contribution is -2.56. The summed E-state index contributed by atoms with van der Waals surface area (Å²) in [6.45, 7) is 10.5. The molecule has 4 N–H and O–H groups in total. The van der Waals surface area contributed by atoms with E-state index in [2.05, 4.69) is 71.2 Å². The van der Waals surface area contributed by atoms with Gasteiger partial charge in [-0.2, -0.15) is 0 Å². The van der Waals surface area contributed by atoms with Crippen LogP contribution in [-0.4, -0.2) is 133 Å². The van der Waals surface area contributed by atoms with E-state index in [1.807, 2.05) is 10.8 Å². The van der Waals surface area contributed by atoms with Crippen LogP contribution in [0.1, 0.15) is 102 Å². The molecule has 3 aliphatic heterocycles. The summed E-state index contributed by atoms with van der Waals surface area (Å²) in [5, 5.41) is 15.7. The topological polar surface area (TPSA) is 223 Å². The van der Waals surface area contributed by atoms with Crippen LogP contribution < -0.4 is 26.2 Å². The van der Waals surface area contributed by atoms with Crippen molar-refractivity contribution >= 4 is 74.4 Å². The summed E-state index contributed by atoms with van der Waals surface area (Å²) in [5.41, 5.74) is 3.61. The molecule has 3 aromatic rings. The molecule has 0 spiro atoms. The summed E-state index contributed by atoms with van der Waals surface area (Å²) in [5.74, 6) is -1.63. The number of anilines is 3. The number of hydrogen-bond donors (Lipinski definition) is 4. The largest absolute Gasteiger partial charge is 0.453 e. The maximum absolute atomic E-state index is 13.8. The van der Waals surface area contributed by atoms with E-state index >= 15 is 0 Å². The number of rotatable bonds is 15. The van der Waals surface area contributed by atoms with Gasteiger partial charge in [-0.1, -0.05) is 32.9 Å². The van der Waals surface area contributed by atoms with Crippen molar-refractivity contribution in [3.63, 3.8) is 0 Å². The highest BCUT2D eigenvalue weighted by molar-refractivity contribution is 7.14. The molecule has 6 rings (SSSR count). The fourth-order valence-electron chi connectivity index (χ4n) is 8.62. The number of alkyl carbamates (subject to hydrolysis) is 2. The van der Waals surface area contributed by atoms with Gasteiger partial charge in [0.15, 0.2) is 10.3 Å². The zero-order valence-corrected chi connectivity index (χ0v) is 40.0. The van der Waals surface area contributed by atoms with Crippen LogP contribution in [0.3, 0.4) is 0 Å². The number of methoxy groups -OCH3 is 4. The van der Waals surface area contributed by atoms with Gasteiger partial charge in [0.1, 0.15) is 24.2 Å². The van der Waals surface area contributed by atoms with Crippen LogP contribution in [0.2, 0.25) is 0 Å². The Hall–Kier alpha value is -5.38. The fraction of sp³-hybridized carbons (Fsp3) is 0.591. The second-order valence-electron chi connectivity index (χ2n) is 17.4. The zero-order valence-electron chi connectivity index (χ0n) is 38.4. The summed E-state index contributed by atoms with van der Waals surface area (Å²) in [6, 6.07) is 4.44. The molecule has 5 heterocycles. The number of amides is 6. The Morgan fingerprint density at radius 3 is 1.45 bits per heavy atom. The van der Waals surface area contributed by atoms with Gasteiger partial charge < -0.3 is 54.9 Å². The first-order valence-corrected chi connectivity index (χ1v) is 23.5. The maximum atomic E-state index is 13.8. The van der Waals surface area contributed by atoms with Crippen molar-refractivity contribution in [3.05, 3.63) is 52.0 Å². The Balaban J connectivity index is 1.19. The van der Waals surface area contributed by atoms with Gasteiger partial charge in [0.05, 0.1) is 49.9 Å². The minimum atomic E-state index is -1.05. The third kappa shape index (κ3) is 11.2. The van der Waals surface area contributed by atoms with Crippen LogP contribution in [0, 0.1) is 0 Å². The van der Waals surface area contributed by atoms with Crippen molar-refractivity contribution in [1.29, 1.82) is 0 Å². The lowest BCUT2D eigenvalue weighted by atomic mass is 9.87. The first-order chi connectivity index (χ1) is 31.0. The highest BCUT2D eigenvalue weighted by atomic mass is 32.1. The number of carbonyl (C=O) groups excluding carboxylic acids is 6. The van der Waals surface area contributed by atoms with E-state index in [1.165, 1.54) is 66.5 Å². The number of likely N-dealkylation sites (tertiary alicyclic amines) is 2. The van der Waals surface area contributed by atoms with Crippen molar-refractivity contribution in [3.8, 4) is 0 Å². The first-order valence-electron chi connectivity index (χ1n) is 21.8. The lowest BCUT2D eigenvalue weighted by molar-refractivity contribution is -0.141. The van der Waals surface area contributed by atoms with Gasteiger partial charge in [0.2, 0.25) is 23.6 Å². The van der Waals surface area contributed by atoms with Crippen LogP contribution in [0.25, 0.3) is 0 Å². The molecule has 3 saturated heterocycles. The van der Waals surface area contributed by atoms with Gasteiger partial charge in [-0.3, -0.25) is 19.2 Å². The van der Waals surface area contributed by atoms with Crippen LogP contribution in [0.15, 0.2) is 35.0 Å². The molecule has 0 unspecified atom stereocenters. The average molecular weight is 940 g/mol. The monoisotopic (exact) mass is 939 g/mol. The molecule has 65 heavy (non-hydrogen) atoms. The van der Waals surface area contributed by atoms with Crippen molar-refractivity contribution < 1.29 is 47.7 Å². The third-order valence-corrected chi connectivity index (χ3v) is 14.0. The number of thiazole rings is 2. The molecule has 0 aliphatic carbocycles. The molecule has 2 aromatic heterocycles. The number of carbonyl (C=O) groups is 6. The number of ether oxygens (including phenoxy) is 4. The number of benzene rings is 1. The second-order valence-corrected chi connectivity index (χ2v) is 19.2. The third-order valence-electron chi connectivity index (χ3n) is 12.4. The standard InChI is InChI=1S/C44H61N9O10S2/c1-24(60-6)34(47-42(58)62-8)38(56)51-20-10-12-32(51)36(54)49-40-45-28(22-64-40)30-18-19-31(53(30)27-16-14-26(15-17-27)44(3,4)5)29-23-65-41(46-29)50-37(55)33-13-11-21-52(33)39(57)35(25(2)61-7)48-43(59)63-9/h14-17,22-25,30-35H,10-13,18-21H2,1-9H3,(H,47,58)(H,48,59)(H,45,49,54)(H,46,50,55)/t24-,25-,30+,31+,32+,33+,34+,35+/m1/s1. The Kier molecular flexibility index (Phi) is 16.1. The van der Waals surface area contributed by atoms with E-state index in [-0.39, 0.29) is 29.3 Å². The predicted molar refractivity (Wildman–Crippen MR) is 245 cm³/mol. The molecular formula is C44H61N9O10S2. The van der Waals surface area contributed by atoms with Gasteiger partial charge in [-0.25, -0.2) is 19.6 Å². The Labute approximate surface area is 387 Å². The van der Waals surface area contributed by atoms with Crippen LogP contribution >= 0.6 is 22.7 Å². The van der Waals surface area contributed by atoms with Crippen LogP contribution in [0.4, 0.5) is 25.5 Å². The van der Waals surface area contributed by atoms with Crippen molar-refractivity contribution in [2.24, 2.45) is 0 Å². The Bertz CT molecular complexity index is 2060. The van der Waals surface area contributed by atoms with Gasteiger partial charge in [-0.05, 0) is 75.5 Å². The first kappa shape index (κ1) is 49.1. The van der Waals surface area contributed by atoms with Crippen LogP contribution in [0.5, 0.6) is 0 Å². The second kappa shape index (κ2) is 21.3. The molecule has 1 aromatic carbocycles. The molecule has 0 radical (unpaired) electrons. The van der Waals surface area contributed by atoms with E-state index in [0.29, 0.717) is 49.0 Å². The molecular weight excluding hydrogens is 879 g/mol. The summed E-state index contributed by atoms with van der Waals surface area (Å²) < 4.78 is 20.2. The van der Waals surface area contributed by atoms with Gasteiger partial charge >= 0.3 is 12.2 Å².